The minimum atomic E-state index is 0.298. The van der Waals surface area contributed by atoms with Gasteiger partial charge in [0.05, 0.1) is 10.6 Å². The molecule has 0 bridgehead atoms. The largest absolute Gasteiger partial charge is 0.316 e. The van der Waals surface area contributed by atoms with Crippen molar-refractivity contribution in [3.8, 4) is 0 Å². The maximum absolute atomic E-state index is 6.32. The number of nitrogens with zero attached hydrogens (tertiary/aromatic N) is 2. The van der Waals surface area contributed by atoms with Gasteiger partial charge < -0.3 is 4.57 Å². The zero-order valence-corrected chi connectivity index (χ0v) is 13.8. The van der Waals surface area contributed by atoms with Crippen molar-refractivity contribution in [1.82, 2.24) is 9.55 Å². The molecule has 3 heterocycles. The molecule has 1 aliphatic heterocycles. The van der Waals surface area contributed by atoms with E-state index in [0.717, 1.165) is 10.2 Å². The molecule has 2 atom stereocenters. The number of thioether (sulfide) groups is 2. The van der Waals surface area contributed by atoms with Crippen LogP contribution in [0.15, 0.2) is 41.1 Å². The fourth-order valence-electron chi connectivity index (χ4n) is 2.67. The predicted molar refractivity (Wildman–Crippen MR) is 90.4 cm³/mol. The summed E-state index contributed by atoms with van der Waals surface area (Å²) in [4.78, 5) is 4.44. The number of halogens is 1. The highest BCUT2D eigenvalue weighted by molar-refractivity contribution is 8.16. The van der Waals surface area contributed by atoms with Gasteiger partial charge in [-0.2, -0.15) is 0 Å². The molecule has 1 aromatic carbocycles. The minimum absolute atomic E-state index is 0.298. The van der Waals surface area contributed by atoms with Gasteiger partial charge in [-0.05, 0) is 40.8 Å². The van der Waals surface area contributed by atoms with Gasteiger partial charge in [0.15, 0.2) is 5.16 Å². The van der Waals surface area contributed by atoms with Crippen LogP contribution in [0.25, 0.3) is 10.1 Å². The maximum Gasteiger partial charge on any atom is 0.169 e. The summed E-state index contributed by atoms with van der Waals surface area (Å²) >= 11 is 11.8. The summed E-state index contributed by atoms with van der Waals surface area (Å²) in [7, 11) is 0. The summed E-state index contributed by atoms with van der Waals surface area (Å²) in [5.41, 5.74) is 1.31. The van der Waals surface area contributed by atoms with Crippen LogP contribution in [0.1, 0.15) is 11.6 Å². The highest BCUT2D eigenvalue weighted by Crippen LogP contribution is 2.49. The summed E-state index contributed by atoms with van der Waals surface area (Å²) in [5.74, 6) is 0. The third kappa shape index (κ3) is 1.91. The minimum Gasteiger partial charge on any atom is -0.316 e. The Kier molecular flexibility index (Phi) is 3.26. The van der Waals surface area contributed by atoms with E-state index in [9.17, 15) is 0 Å². The first kappa shape index (κ1) is 13.1. The molecule has 0 fully saturated rings. The van der Waals surface area contributed by atoms with Crippen molar-refractivity contribution >= 4 is 56.5 Å². The quantitative estimate of drug-likeness (QED) is 0.644. The molecule has 0 saturated heterocycles. The van der Waals surface area contributed by atoms with Crippen molar-refractivity contribution in [3.05, 3.63) is 46.6 Å². The Bertz CT molecular complexity index is 780. The number of hydrogen-bond donors (Lipinski definition) is 0. The van der Waals surface area contributed by atoms with Crippen molar-refractivity contribution < 1.29 is 0 Å². The average Bonchev–Trinajstić information content (AvgIpc) is 3.11. The lowest BCUT2D eigenvalue weighted by Crippen LogP contribution is -2.13. The predicted octanol–water partition coefficient (Wildman–Crippen LogP) is 5.14. The lowest BCUT2D eigenvalue weighted by atomic mass is 10.1. The van der Waals surface area contributed by atoms with Gasteiger partial charge in [0.2, 0.25) is 0 Å². The number of imidazole rings is 1. The van der Waals surface area contributed by atoms with E-state index >= 15 is 0 Å². The first-order valence-electron chi connectivity index (χ1n) is 6.17. The van der Waals surface area contributed by atoms with E-state index in [1.165, 1.54) is 15.6 Å². The first-order chi connectivity index (χ1) is 9.78. The Hall–Kier alpha value is -0.620. The van der Waals surface area contributed by atoms with Crippen molar-refractivity contribution in [2.24, 2.45) is 0 Å². The number of thiophene rings is 1. The molecule has 6 heteroatoms. The van der Waals surface area contributed by atoms with Crippen LogP contribution in [-0.2, 0) is 0 Å². The number of rotatable bonds is 2. The molecule has 0 radical (unpaired) electrons. The van der Waals surface area contributed by atoms with Crippen molar-refractivity contribution in [1.29, 1.82) is 0 Å². The van der Waals surface area contributed by atoms with E-state index in [1.807, 2.05) is 35.8 Å². The molecule has 102 valence electrons. The van der Waals surface area contributed by atoms with Crippen LogP contribution in [-0.4, -0.2) is 20.4 Å². The Morgan fingerprint density at radius 1 is 1.40 bits per heavy atom. The van der Waals surface area contributed by atoms with Gasteiger partial charge >= 0.3 is 0 Å². The zero-order chi connectivity index (χ0) is 13.7. The van der Waals surface area contributed by atoms with Gasteiger partial charge in [-0.3, -0.25) is 0 Å². The highest BCUT2D eigenvalue weighted by atomic mass is 35.5. The van der Waals surface area contributed by atoms with E-state index < -0.39 is 0 Å². The van der Waals surface area contributed by atoms with Crippen molar-refractivity contribution in [2.75, 3.05) is 6.26 Å². The van der Waals surface area contributed by atoms with E-state index in [2.05, 4.69) is 39.5 Å². The molecule has 0 spiro atoms. The number of hydrogen-bond acceptors (Lipinski definition) is 4. The lowest BCUT2D eigenvalue weighted by Gasteiger charge is -2.20. The van der Waals surface area contributed by atoms with E-state index in [0.29, 0.717) is 10.6 Å². The molecule has 2 aromatic heterocycles. The summed E-state index contributed by atoms with van der Waals surface area (Å²) in [6.45, 7) is 0. The van der Waals surface area contributed by atoms with E-state index in [4.69, 9.17) is 11.6 Å². The van der Waals surface area contributed by atoms with Crippen molar-refractivity contribution in [3.63, 3.8) is 0 Å². The second kappa shape index (κ2) is 4.98. The highest BCUT2D eigenvalue weighted by Gasteiger charge is 2.35. The molecule has 0 saturated carbocycles. The number of fused-ring (bicyclic) bond motifs is 2. The van der Waals surface area contributed by atoms with Gasteiger partial charge in [0, 0.05) is 22.1 Å². The van der Waals surface area contributed by atoms with Crippen LogP contribution in [0, 0.1) is 0 Å². The van der Waals surface area contributed by atoms with Crippen LogP contribution < -0.4 is 0 Å². The monoisotopic (exact) mass is 338 g/mol. The molecule has 2 unspecified atom stereocenters. The summed E-state index contributed by atoms with van der Waals surface area (Å²) in [6.07, 6.45) is 6.11. The summed E-state index contributed by atoms with van der Waals surface area (Å²) in [6, 6.07) is 6.60. The molecule has 3 aromatic rings. The standard InChI is InChI=1S/C14H11ClN2S3/c1-18-13-11(17-4-3-16-14(17)20-13)10-7-9(15)6-8-2-5-19-12(8)10/h2-7,11,13H,1H3. The molecule has 4 rings (SSSR count). The van der Waals surface area contributed by atoms with Gasteiger partial charge in [0.1, 0.15) is 0 Å². The molecule has 0 aliphatic carbocycles. The van der Waals surface area contributed by atoms with Crippen LogP contribution in [0.2, 0.25) is 5.02 Å². The second-order valence-electron chi connectivity index (χ2n) is 4.62. The number of aromatic nitrogens is 2. The smallest absolute Gasteiger partial charge is 0.169 e. The topological polar surface area (TPSA) is 17.8 Å². The molecule has 20 heavy (non-hydrogen) atoms. The van der Waals surface area contributed by atoms with Gasteiger partial charge in [0.25, 0.3) is 0 Å². The zero-order valence-electron chi connectivity index (χ0n) is 10.6. The molecule has 0 N–H and O–H groups in total. The van der Waals surface area contributed by atoms with Gasteiger partial charge in [-0.15, -0.1) is 23.1 Å². The molecular formula is C14H11ClN2S3. The second-order valence-corrected chi connectivity index (χ2v) is 8.36. The summed E-state index contributed by atoms with van der Waals surface area (Å²) < 4.78 is 4.06. The lowest BCUT2D eigenvalue weighted by molar-refractivity contribution is 0.608. The van der Waals surface area contributed by atoms with Crippen LogP contribution in [0.3, 0.4) is 0 Å². The Morgan fingerprint density at radius 2 is 2.30 bits per heavy atom. The van der Waals surface area contributed by atoms with Crippen LogP contribution in [0.4, 0.5) is 0 Å². The fraction of sp³-hybridized carbons (Fsp3) is 0.214. The first-order valence-corrected chi connectivity index (χ1v) is 9.59. The molecule has 0 amide bonds. The Morgan fingerprint density at radius 3 is 3.15 bits per heavy atom. The van der Waals surface area contributed by atoms with Gasteiger partial charge in [-0.1, -0.05) is 23.4 Å². The maximum atomic E-state index is 6.32. The average molecular weight is 339 g/mol. The normalized spacial score (nSPS) is 21.5. The molecule has 2 nitrogen and oxygen atoms in total. The Balaban J connectivity index is 1.96. The van der Waals surface area contributed by atoms with Gasteiger partial charge in [-0.25, -0.2) is 4.98 Å². The fourth-order valence-corrected chi connectivity index (χ4v) is 6.04. The molecule has 1 aliphatic rings. The Labute approximate surface area is 134 Å². The van der Waals surface area contributed by atoms with Crippen LogP contribution >= 0.6 is 46.5 Å². The number of benzene rings is 1. The summed E-state index contributed by atoms with van der Waals surface area (Å²) in [5, 5.41) is 5.27. The third-order valence-electron chi connectivity index (χ3n) is 3.51. The van der Waals surface area contributed by atoms with E-state index in [1.54, 1.807) is 11.3 Å². The SMILES string of the molecule is CSC1Sc2nccn2C1c1cc(Cl)cc2ccsc12. The third-order valence-corrected chi connectivity index (χ3v) is 7.31. The molecular weight excluding hydrogens is 328 g/mol. The van der Waals surface area contributed by atoms with Crippen LogP contribution in [0.5, 0.6) is 0 Å². The van der Waals surface area contributed by atoms with Crippen molar-refractivity contribution in [2.45, 2.75) is 15.8 Å². The van der Waals surface area contributed by atoms with E-state index in [-0.39, 0.29) is 0 Å².